The van der Waals surface area contributed by atoms with Crippen LogP contribution in [-0.2, 0) is 6.42 Å². The normalized spacial score (nSPS) is 10.8. The first-order valence-electron chi connectivity index (χ1n) is 6.51. The molecule has 104 valence electrons. The van der Waals surface area contributed by atoms with E-state index in [4.69, 9.17) is 0 Å². The Morgan fingerprint density at radius 2 is 1.50 bits per heavy atom. The van der Waals surface area contributed by atoms with Gasteiger partial charge in [-0.2, -0.15) is 13.2 Å². The first-order chi connectivity index (χ1) is 8.39. The van der Waals surface area contributed by atoms with Crippen LogP contribution in [0.25, 0.3) is 0 Å². The Morgan fingerprint density at radius 3 is 1.83 bits per heavy atom. The summed E-state index contributed by atoms with van der Waals surface area (Å²) in [7, 11) is 0. The van der Waals surface area contributed by atoms with E-state index in [9.17, 15) is 13.2 Å². The third kappa shape index (κ3) is 10.2. The molecular weight excluding hydrogens is 237 g/mol. The summed E-state index contributed by atoms with van der Waals surface area (Å²) in [4.78, 5) is 0. The zero-order valence-corrected chi connectivity index (χ0v) is 11.5. The molecule has 0 heterocycles. The molecule has 0 atom stereocenters. The van der Waals surface area contributed by atoms with Crippen LogP contribution in [0.4, 0.5) is 13.2 Å². The molecule has 0 aliphatic rings. The van der Waals surface area contributed by atoms with Crippen LogP contribution in [0.1, 0.15) is 50.7 Å². The van der Waals surface area contributed by atoms with Crippen LogP contribution in [0.3, 0.4) is 0 Å². The smallest absolute Gasteiger partial charge is 0.171 e. The van der Waals surface area contributed by atoms with Crippen molar-refractivity contribution in [1.82, 2.24) is 0 Å². The summed E-state index contributed by atoms with van der Waals surface area (Å²) >= 11 is 0. The number of halogens is 3. The lowest BCUT2D eigenvalue weighted by Gasteiger charge is -2.02. The molecule has 18 heavy (non-hydrogen) atoms. The minimum absolute atomic E-state index is 0.253. The molecule has 1 rings (SSSR count). The van der Waals surface area contributed by atoms with Crippen LogP contribution in [0.5, 0.6) is 0 Å². The SMILES string of the molecule is CCCCC(F)(F)F.CCCc1ccc(C)cc1. The Labute approximate surface area is 108 Å². The van der Waals surface area contributed by atoms with Crippen molar-refractivity contribution in [2.45, 2.75) is 59.1 Å². The Kier molecular flexibility index (Phi) is 8.51. The van der Waals surface area contributed by atoms with Crippen molar-refractivity contribution < 1.29 is 13.2 Å². The van der Waals surface area contributed by atoms with Crippen molar-refractivity contribution in [3.05, 3.63) is 35.4 Å². The lowest BCUT2D eigenvalue weighted by atomic mass is 10.1. The van der Waals surface area contributed by atoms with Gasteiger partial charge in [0.25, 0.3) is 0 Å². The highest BCUT2D eigenvalue weighted by molar-refractivity contribution is 5.21. The average molecular weight is 260 g/mol. The Morgan fingerprint density at radius 1 is 0.944 bits per heavy atom. The number of rotatable bonds is 4. The van der Waals surface area contributed by atoms with Gasteiger partial charge in [-0.05, 0) is 25.3 Å². The van der Waals surface area contributed by atoms with Gasteiger partial charge < -0.3 is 0 Å². The highest BCUT2D eigenvalue weighted by Gasteiger charge is 2.25. The molecule has 0 aromatic heterocycles. The Hall–Kier alpha value is -0.990. The first kappa shape index (κ1) is 17.0. The van der Waals surface area contributed by atoms with Gasteiger partial charge in [0.1, 0.15) is 0 Å². The second-order valence-corrected chi connectivity index (χ2v) is 4.45. The zero-order chi connectivity index (χ0) is 14.0. The summed E-state index contributed by atoms with van der Waals surface area (Å²) in [5.41, 5.74) is 2.80. The lowest BCUT2D eigenvalue weighted by molar-refractivity contribution is -0.135. The molecule has 0 amide bonds. The van der Waals surface area contributed by atoms with Crippen LogP contribution < -0.4 is 0 Å². The van der Waals surface area contributed by atoms with E-state index in [0.717, 1.165) is 0 Å². The number of unbranched alkanes of at least 4 members (excludes halogenated alkanes) is 1. The minimum Gasteiger partial charge on any atom is -0.171 e. The van der Waals surface area contributed by atoms with Gasteiger partial charge in [-0.1, -0.05) is 56.5 Å². The molecule has 0 N–H and O–H groups in total. The van der Waals surface area contributed by atoms with E-state index in [1.54, 1.807) is 6.92 Å². The third-order valence-electron chi connectivity index (χ3n) is 2.47. The van der Waals surface area contributed by atoms with E-state index in [0.29, 0.717) is 6.42 Å². The molecule has 0 bridgehead atoms. The maximum atomic E-state index is 11.2. The summed E-state index contributed by atoms with van der Waals surface area (Å²) in [6, 6.07) is 8.76. The lowest BCUT2D eigenvalue weighted by Crippen LogP contribution is -2.05. The molecule has 0 aliphatic heterocycles. The first-order valence-corrected chi connectivity index (χ1v) is 6.51. The molecule has 0 fully saturated rings. The van der Waals surface area contributed by atoms with Crippen molar-refractivity contribution in [3.63, 3.8) is 0 Å². The molecule has 0 spiro atoms. The standard InChI is InChI=1S/C10H14.C5H9F3/c1-3-4-10-7-5-9(2)6-8-10;1-2-3-4-5(6,7)8/h5-8H,3-4H2,1-2H3;2-4H2,1H3. The van der Waals surface area contributed by atoms with Gasteiger partial charge >= 0.3 is 6.18 Å². The number of aryl methyl sites for hydroxylation is 2. The molecule has 0 unspecified atom stereocenters. The fraction of sp³-hybridized carbons (Fsp3) is 0.600. The van der Waals surface area contributed by atoms with Crippen molar-refractivity contribution in [2.24, 2.45) is 0 Å². The van der Waals surface area contributed by atoms with Crippen LogP contribution in [0, 0.1) is 6.92 Å². The van der Waals surface area contributed by atoms with Crippen LogP contribution in [0.2, 0.25) is 0 Å². The van der Waals surface area contributed by atoms with Gasteiger partial charge in [-0.15, -0.1) is 0 Å². The summed E-state index contributed by atoms with van der Waals surface area (Å²) in [6.07, 6.45) is -1.27. The van der Waals surface area contributed by atoms with E-state index >= 15 is 0 Å². The predicted molar refractivity (Wildman–Crippen MR) is 70.8 cm³/mol. The molecular formula is C15H23F3. The predicted octanol–water partition coefficient (Wildman–Crippen LogP) is 5.69. The number of alkyl halides is 3. The van der Waals surface area contributed by atoms with Gasteiger partial charge in [0.2, 0.25) is 0 Å². The highest BCUT2D eigenvalue weighted by Crippen LogP contribution is 2.21. The summed E-state index contributed by atoms with van der Waals surface area (Å²) in [6.45, 7) is 6.07. The topological polar surface area (TPSA) is 0 Å². The van der Waals surface area contributed by atoms with Gasteiger partial charge in [-0.3, -0.25) is 0 Å². The van der Waals surface area contributed by atoms with Crippen LogP contribution in [0.15, 0.2) is 24.3 Å². The second-order valence-electron chi connectivity index (χ2n) is 4.45. The van der Waals surface area contributed by atoms with E-state index in [1.807, 2.05) is 0 Å². The molecule has 0 saturated heterocycles. The summed E-state index contributed by atoms with van der Waals surface area (Å²) < 4.78 is 33.7. The van der Waals surface area contributed by atoms with Crippen molar-refractivity contribution in [1.29, 1.82) is 0 Å². The molecule has 1 aromatic rings. The molecule has 0 aliphatic carbocycles. The summed E-state index contributed by atoms with van der Waals surface area (Å²) in [5, 5.41) is 0. The van der Waals surface area contributed by atoms with E-state index in [2.05, 4.69) is 38.1 Å². The number of benzene rings is 1. The molecule has 3 heteroatoms. The molecule has 0 saturated carbocycles. The molecule has 0 radical (unpaired) electrons. The van der Waals surface area contributed by atoms with Crippen molar-refractivity contribution in [3.8, 4) is 0 Å². The van der Waals surface area contributed by atoms with Crippen LogP contribution >= 0.6 is 0 Å². The van der Waals surface area contributed by atoms with Gasteiger partial charge in [0, 0.05) is 6.42 Å². The summed E-state index contributed by atoms with van der Waals surface area (Å²) in [5.74, 6) is 0. The van der Waals surface area contributed by atoms with E-state index in [1.165, 1.54) is 24.0 Å². The minimum atomic E-state index is -3.95. The number of hydrogen-bond acceptors (Lipinski definition) is 0. The van der Waals surface area contributed by atoms with Crippen LogP contribution in [-0.4, -0.2) is 6.18 Å². The quantitative estimate of drug-likeness (QED) is 0.652. The maximum absolute atomic E-state index is 11.2. The fourth-order valence-corrected chi connectivity index (χ4v) is 1.42. The highest BCUT2D eigenvalue weighted by atomic mass is 19.4. The van der Waals surface area contributed by atoms with Gasteiger partial charge in [0.15, 0.2) is 0 Å². The average Bonchev–Trinajstić information content (AvgIpc) is 2.30. The zero-order valence-electron chi connectivity index (χ0n) is 11.5. The Balaban J connectivity index is 0.000000331. The second kappa shape index (κ2) is 9.01. The van der Waals surface area contributed by atoms with Crippen molar-refractivity contribution >= 4 is 0 Å². The number of hydrogen-bond donors (Lipinski definition) is 0. The molecule has 1 aromatic carbocycles. The third-order valence-corrected chi connectivity index (χ3v) is 2.47. The van der Waals surface area contributed by atoms with E-state index in [-0.39, 0.29) is 6.42 Å². The van der Waals surface area contributed by atoms with E-state index < -0.39 is 12.6 Å². The van der Waals surface area contributed by atoms with Gasteiger partial charge in [0.05, 0.1) is 0 Å². The van der Waals surface area contributed by atoms with Crippen molar-refractivity contribution in [2.75, 3.05) is 0 Å². The monoisotopic (exact) mass is 260 g/mol. The Bertz CT molecular complexity index is 299. The maximum Gasteiger partial charge on any atom is 0.389 e. The largest absolute Gasteiger partial charge is 0.389 e. The molecule has 0 nitrogen and oxygen atoms in total. The fourth-order valence-electron chi connectivity index (χ4n) is 1.42. The van der Waals surface area contributed by atoms with Gasteiger partial charge in [-0.25, -0.2) is 0 Å².